The summed E-state index contributed by atoms with van der Waals surface area (Å²) in [6, 6.07) is 8.70. The second-order valence-electron chi connectivity index (χ2n) is 6.08. The zero-order chi connectivity index (χ0) is 13.9. The molecule has 0 saturated carbocycles. The van der Waals surface area contributed by atoms with Crippen molar-refractivity contribution in [3.05, 3.63) is 36.0 Å². The van der Waals surface area contributed by atoms with E-state index in [-0.39, 0.29) is 0 Å². The van der Waals surface area contributed by atoms with E-state index in [1.807, 2.05) is 0 Å². The van der Waals surface area contributed by atoms with Gasteiger partial charge in [-0.2, -0.15) is 0 Å². The number of fused-ring (bicyclic) bond motifs is 1. The Kier molecular flexibility index (Phi) is 4.08. The Morgan fingerprint density at radius 3 is 2.70 bits per heavy atom. The molecular weight excluding hydrogens is 246 g/mol. The molecule has 3 rings (SSSR count). The maximum Gasteiger partial charge on any atom is 0.0481 e. The van der Waals surface area contributed by atoms with Crippen molar-refractivity contribution in [2.75, 3.05) is 19.6 Å². The molecule has 108 valence electrons. The van der Waals surface area contributed by atoms with Crippen molar-refractivity contribution in [3.63, 3.8) is 0 Å². The zero-order valence-corrected chi connectivity index (χ0v) is 12.4. The second-order valence-corrected chi connectivity index (χ2v) is 6.08. The topological polar surface area (TPSA) is 34.2 Å². The van der Waals surface area contributed by atoms with Crippen LogP contribution in [0.5, 0.6) is 0 Å². The Hall–Kier alpha value is -1.32. The van der Waals surface area contributed by atoms with Gasteiger partial charge in [0.25, 0.3) is 0 Å². The third-order valence-corrected chi connectivity index (χ3v) is 4.66. The first kappa shape index (κ1) is 13.7. The van der Waals surface area contributed by atoms with E-state index in [9.17, 15) is 0 Å². The number of hydrogen-bond donors (Lipinski definition) is 1. The molecule has 0 spiro atoms. The summed E-state index contributed by atoms with van der Waals surface area (Å²) < 4.78 is 2.24. The highest BCUT2D eigenvalue weighted by Gasteiger charge is 2.19. The van der Waals surface area contributed by atoms with Crippen LogP contribution in [0, 0.1) is 5.92 Å². The second kappa shape index (κ2) is 5.98. The predicted octanol–water partition coefficient (Wildman–Crippen LogP) is 2.74. The SMILES string of the molecule is Cn1cc(CN2CCC(CCN)CC2)c2ccccc21. The lowest BCUT2D eigenvalue weighted by molar-refractivity contribution is 0.174. The Bertz CT molecular complexity index is 565. The summed E-state index contributed by atoms with van der Waals surface area (Å²) in [7, 11) is 2.14. The summed E-state index contributed by atoms with van der Waals surface area (Å²) in [5, 5.41) is 1.40. The number of para-hydroxylation sites is 1. The molecule has 3 nitrogen and oxygen atoms in total. The fourth-order valence-corrected chi connectivity index (χ4v) is 3.46. The van der Waals surface area contributed by atoms with Crippen molar-refractivity contribution < 1.29 is 0 Å². The molecule has 2 heterocycles. The van der Waals surface area contributed by atoms with E-state index < -0.39 is 0 Å². The average Bonchev–Trinajstić information content (AvgIpc) is 2.79. The molecule has 0 radical (unpaired) electrons. The van der Waals surface area contributed by atoms with Gasteiger partial charge >= 0.3 is 0 Å². The van der Waals surface area contributed by atoms with Crippen molar-refractivity contribution in [3.8, 4) is 0 Å². The third-order valence-electron chi connectivity index (χ3n) is 4.66. The zero-order valence-electron chi connectivity index (χ0n) is 12.4. The number of benzene rings is 1. The van der Waals surface area contributed by atoms with Crippen LogP contribution in [-0.4, -0.2) is 29.1 Å². The molecule has 1 aromatic carbocycles. The molecule has 1 aliphatic rings. The number of rotatable bonds is 4. The van der Waals surface area contributed by atoms with Crippen LogP contribution in [0.3, 0.4) is 0 Å². The van der Waals surface area contributed by atoms with Gasteiger partial charge in [-0.1, -0.05) is 18.2 Å². The van der Waals surface area contributed by atoms with Gasteiger partial charge in [0.1, 0.15) is 0 Å². The largest absolute Gasteiger partial charge is 0.350 e. The minimum atomic E-state index is 0.841. The van der Waals surface area contributed by atoms with Crippen LogP contribution < -0.4 is 5.73 Å². The highest BCUT2D eigenvalue weighted by atomic mass is 15.1. The molecule has 3 heteroatoms. The Balaban J connectivity index is 1.69. The van der Waals surface area contributed by atoms with Crippen molar-refractivity contribution in [1.29, 1.82) is 0 Å². The first-order valence-electron chi connectivity index (χ1n) is 7.73. The summed E-state index contributed by atoms with van der Waals surface area (Å²) in [6.07, 6.45) is 6.10. The molecule has 0 unspecified atom stereocenters. The summed E-state index contributed by atoms with van der Waals surface area (Å²) in [6.45, 7) is 4.35. The highest BCUT2D eigenvalue weighted by Crippen LogP contribution is 2.25. The Morgan fingerprint density at radius 1 is 1.20 bits per heavy atom. The number of hydrogen-bond acceptors (Lipinski definition) is 2. The molecule has 0 amide bonds. The average molecular weight is 271 g/mol. The van der Waals surface area contributed by atoms with Crippen LogP contribution >= 0.6 is 0 Å². The van der Waals surface area contributed by atoms with E-state index in [4.69, 9.17) is 5.73 Å². The number of nitrogens with two attached hydrogens (primary N) is 1. The van der Waals surface area contributed by atoms with Gasteiger partial charge in [-0.25, -0.2) is 0 Å². The minimum Gasteiger partial charge on any atom is -0.350 e. The Morgan fingerprint density at radius 2 is 1.95 bits per heavy atom. The van der Waals surface area contributed by atoms with Crippen molar-refractivity contribution in [2.45, 2.75) is 25.8 Å². The minimum absolute atomic E-state index is 0.841. The molecule has 1 saturated heterocycles. The van der Waals surface area contributed by atoms with Crippen LogP contribution in [0.25, 0.3) is 10.9 Å². The van der Waals surface area contributed by atoms with E-state index in [1.54, 1.807) is 0 Å². The molecule has 1 aromatic heterocycles. The monoisotopic (exact) mass is 271 g/mol. The maximum atomic E-state index is 5.67. The van der Waals surface area contributed by atoms with E-state index in [0.717, 1.165) is 19.0 Å². The lowest BCUT2D eigenvalue weighted by atomic mass is 9.93. The molecule has 20 heavy (non-hydrogen) atoms. The van der Waals surface area contributed by atoms with Crippen LogP contribution in [0.2, 0.25) is 0 Å². The van der Waals surface area contributed by atoms with Gasteiger partial charge in [-0.15, -0.1) is 0 Å². The van der Waals surface area contributed by atoms with Gasteiger partial charge in [0.05, 0.1) is 0 Å². The normalized spacial score (nSPS) is 17.9. The van der Waals surface area contributed by atoms with Crippen LogP contribution in [0.15, 0.2) is 30.5 Å². The summed E-state index contributed by atoms with van der Waals surface area (Å²) in [5.41, 5.74) is 8.46. The van der Waals surface area contributed by atoms with E-state index in [2.05, 4.69) is 47.0 Å². The lowest BCUT2D eigenvalue weighted by Gasteiger charge is -2.31. The van der Waals surface area contributed by atoms with E-state index in [0.29, 0.717) is 0 Å². The Labute approximate surface area is 121 Å². The van der Waals surface area contributed by atoms with Gasteiger partial charge < -0.3 is 10.3 Å². The van der Waals surface area contributed by atoms with E-state index in [1.165, 1.54) is 48.8 Å². The molecule has 2 N–H and O–H groups in total. The standard InChI is InChI=1S/C17H25N3/c1-19-12-15(16-4-2-3-5-17(16)19)13-20-10-7-14(6-9-18)8-11-20/h2-5,12,14H,6-11,13,18H2,1H3. The molecule has 0 aliphatic carbocycles. The van der Waals surface area contributed by atoms with Gasteiger partial charge in [-0.3, -0.25) is 4.90 Å². The summed E-state index contributed by atoms with van der Waals surface area (Å²) >= 11 is 0. The highest BCUT2D eigenvalue weighted by molar-refractivity contribution is 5.83. The van der Waals surface area contributed by atoms with Gasteiger partial charge in [0, 0.05) is 30.7 Å². The van der Waals surface area contributed by atoms with Gasteiger partial charge in [0.15, 0.2) is 0 Å². The maximum absolute atomic E-state index is 5.67. The molecule has 0 atom stereocenters. The number of likely N-dealkylation sites (tertiary alicyclic amines) is 1. The molecular formula is C17H25N3. The molecule has 1 aliphatic heterocycles. The molecule has 1 fully saturated rings. The predicted molar refractivity (Wildman–Crippen MR) is 84.6 cm³/mol. The fourth-order valence-electron chi connectivity index (χ4n) is 3.46. The van der Waals surface area contributed by atoms with Gasteiger partial charge in [-0.05, 0) is 56.4 Å². The number of nitrogens with zero attached hydrogens (tertiary/aromatic N) is 2. The van der Waals surface area contributed by atoms with Crippen molar-refractivity contribution in [2.24, 2.45) is 18.7 Å². The third kappa shape index (κ3) is 2.74. The lowest BCUT2D eigenvalue weighted by Crippen LogP contribution is -2.33. The van der Waals surface area contributed by atoms with Crippen molar-refractivity contribution >= 4 is 10.9 Å². The fraction of sp³-hybridized carbons (Fsp3) is 0.529. The van der Waals surface area contributed by atoms with Gasteiger partial charge in [0.2, 0.25) is 0 Å². The number of piperidine rings is 1. The summed E-state index contributed by atoms with van der Waals surface area (Å²) in [4.78, 5) is 2.59. The molecule has 2 aromatic rings. The quantitative estimate of drug-likeness (QED) is 0.928. The van der Waals surface area contributed by atoms with Crippen LogP contribution in [0.4, 0.5) is 0 Å². The van der Waals surface area contributed by atoms with Crippen LogP contribution in [-0.2, 0) is 13.6 Å². The van der Waals surface area contributed by atoms with Crippen molar-refractivity contribution in [1.82, 2.24) is 9.47 Å². The smallest absolute Gasteiger partial charge is 0.0481 e. The van der Waals surface area contributed by atoms with E-state index >= 15 is 0 Å². The first-order valence-corrected chi connectivity index (χ1v) is 7.73. The first-order chi connectivity index (χ1) is 9.78. The molecule has 0 bridgehead atoms. The summed E-state index contributed by atoms with van der Waals surface area (Å²) in [5.74, 6) is 0.851. The van der Waals surface area contributed by atoms with Crippen LogP contribution in [0.1, 0.15) is 24.8 Å². The number of aryl methyl sites for hydroxylation is 1. The number of aromatic nitrogens is 1.